The van der Waals surface area contributed by atoms with Crippen LogP contribution < -0.4 is 0 Å². The lowest BCUT2D eigenvalue weighted by molar-refractivity contribution is 1.08. The molecule has 0 amide bonds. The highest BCUT2D eigenvalue weighted by molar-refractivity contribution is 7.26. The van der Waals surface area contributed by atoms with Gasteiger partial charge in [-0.3, -0.25) is 0 Å². The third-order valence-corrected chi connectivity index (χ3v) is 11.3. The van der Waals surface area contributed by atoms with Gasteiger partial charge in [0.1, 0.15) is 0 Å². The molecule has 0 aliphatic heterocycles. The first-order chi connectivity index (χ1) is 27.2. The highest BCUT2D eigenvalue weighted by atomic mass is 32.1. The van der Waals surface area contributed by atoms with Crippen molar-refractivity contribution in [3.8, 4) is 78.7 Å². The molecular formula is C51H33N3S. The Balaban J connectivity index is 1.08. The second kappa shape index (κ2) is 14.1. The molecule has 0 unspecified atom stereocenters. The zero-order chi connectivity index (χ0) is 36.6. The Hall–Kier alpha value is -7.01. The van der Waals surface area contributed by atoms with Crippen molar-refractivity contribution >= 4 is 31.5 Å². The molecule has 10 rings (SSSR count). The van der Waals surface area contributed by atoms with Gasteiger partial charge < -0.3 is 0 Å². The molecule has 0 spiro atoms. The van der Waals surface area contributed by atoms with Crippen LogP contribution in [0.1, 0.15) is 0 Å². The van der Waals surface area contributed by atoms with Crippen molar-refractivity contribution in [2.24, 2.45) is 0 Å². The Kier molecular flexibility index (Phi) is 8.36. The SMILES string of the molecule is c1ccc(-c2cccc(-c3ccc(-c4ccc5sc6cccc(-c7nc(-c8ccccc8)nc(-c8ccccc8-c8ccccc8)n7)c6c5c4)cc3)c2)cc1. The van der Waals surface area contributed by atoms with Crippen molar-refractivity contribution in [1.29, 1.82) is 0 Å². The molecule has 0 radical (unpaired) electrons. The number of aromatic nitrogens is 3. The zero-order valence-corrected chi connectivity index (χ0v) is 30.6. The maximum Gasteiger partial charge on any atom is 0.164 e. The average molecular weight is 720 g/mol. The average Bonchev–Trinajstić information content (AvgIpc) is 3.66. The van der Waals surface area contributed by atoms with Crippen LogP contribution in [0.4, 0.5) is 0 Å². The fourth-order valence-corrected chi connectivity index (χ4v) is 8.55. The predicted octanol–water partition coefficient (Wildman–Crippen LogP) is 13.9. The summed E-state index contributed by atoms with van der Waals surface area (Å²) in [5.41, 5.74) is 12.3. The molecular weight excluding hydrogens is 687 g/mol. The summed E-state index contributed by atoms with van der Waals surface area (Å²) in [5.74, 6) is 1.95. The third-order valence-electron chi connectivity index (χ3n) is 10.2. The number of thiophene rings is 1. The van der Waals surface area contributed by atoms with E-state index in [0.29, 0.717) is 17.5 Å². The minimum Gasteiger partial charge on any atom is -0.208 e. The molecule has 0 fully saturated rings. The molecule has 0 saturated heterocycles. The van der Waals surface area contributed by atoms with Gasteiger partial charge in [-0.15, -0.1) is 11.3 Å². The number of nitrogens with zero attached hydrogens (tertiary/aromatic N) is 3. The van der Waals surface area contributed by atoms with Crippen LogP contribution in [-0.4, -0.2) is 15.0 Å². The summed E-state index contributed by atoms with van der Waals surface area (Å²) in [7, 11) is 0. The summed E-state index contributed by atoms with van der Waals surface area (Å²) in [4.78, 5) is 15.5. The van der Waals surface area contributed by atoms with Crippen molar-refractivity contribution in [1.82, 2.24) is 15.0 Å². The van der Waals surface area contributed by atoms with E-state index in [2.05, 4.69) is 176 Å². The molecule has 3 nitrogen and oxygen atoms in total. The van der Waals surface area contributed by atoms with Crippen LogP contribution in [0, 0.1) is 0 Å². The van der Waals surface area contributed by atoms with E-state index >= 15 is 0 Å². The molecule has 8 aromatic carbocycles. The number of benzene rings is 8. The van der Waals surface area contributed by atoms with Crippen molar-refractivity contribution in [3.63, 3.8) is 0 Å². The van der Waals surface area contributed by atoms with E-state index in [4.69, 9.17) is 15.0 Å². The molecule has 0 aliphatic carbocycles. The number of fused-ring (bicyclic) bond motifs is 3. The van der Waals surface area contributed by atoms with Crippen LogP contribution in [0.15, 0.2) is 200 Å². The van der Waals surface area contributed by atoms with E-state index in [1.807, 2.05) is 24.3 Å². The lowest BCUT2D eigenvalue weighted by atomic mass is 9.96. The van der Waals surface area contributed by atoms with Gasteiger partial charge in [0, 0.05) is 36.9 Å². The summed E-state index contributed by atoms with van der Waals surface area (Å²) in [5, 5.41) is 2.35. The highest BCUT2D eigenvalue weighted by Gasteiger charge is 2.19. The third kappa shape index (κ3) is 6.29. The topological polar surface area (TPSA) is 38.7 Å². The van der Waals surface area contributed by atoms with E-state index in [-0.39, 0.29) is 0 Å². The molecule has 258 valence electrons. The van der Waals surface area contributed by atoms with E-state index in [1.165, 1.54) is 48.2 Å². The van der Waals surface area contributed by atoms with Crippen molar-refractivity contribution in [2.45, 2.75) is 0 Å². The second-order valence-electron chi connectivity index (χ2n) is 13.6. The van der Waals surface area contributed by atoms with Gasteiger partial charge in [-0.25, -0.2) is 15.0 Å². The molecule has 2 aromatic heterocycles. The van der Waals surface area contributed by atoms with E-state index in [9.17, 15) is 0 Å². The van der Waals surface area contributed by atoms with E-state index in [1.54, 1.807) is 11.3 Å². The molecule has 4 heteroatoms. The lowest BCUT2D eigenvalue weighted by Gasteiger charge is -2.12. The second-order valence-corrected chi connectivity index (χ2v) is 14.7. The van der Waals surface area contributed by atoms with Gasteiger partial charge in [-0.05, 0) is 68.8 Å². The van der Waals surface area contributed by atoms with Gasteiger partial charge in [0.15, 0.2) is 17.5 Å². The normalized spacial score (nSPS) is 11.3. The Labute approximate surface area is 323 Å². The van der Waals surface area contributed by atoms with Gasteiger partial charge in [0.05, 0.1) is 0 Å². The molecule has 0 atom stereocenters. The zero-order valence-electron chi connectivity index (χ0n) is 29.8. The maximum atomic E-state index is 5.25. The quantitative estimate of drug-likeness (QED) is 0.165. The smallest absolute Gasteiger partial charge is 0.164 e. The van der Waals surface area contributed by atoms with E-state index in [0.717, 1.165) is 33.2 Å². The number of hydrogen-bond acceptors (Lipinski definition) is 4. The summed E-state index contributed by atoms with van der Waals surface area (Å²) in [6.45, 7) is 0. The van der Waals surface area contributed by atoms with Crippen molar-refractivity contribution < 1.29 is 0 Å². The molecule has 10 aromatic rings. The first kappa shape index (κ1) is 32.6. The lowest BCUT2D eigenvalue weighted by Crippen LogP contribution is -2.01. The first-order valence-electron chi connectivity index (χ1n) is 18.4. The first-order valence-corrected chi connectivity index (χ1v) is 19.3. The Bertz CT molecular complexity index is 2950. The summed E-state index contributed by atoms with van der Waals surface area (Å²) < 4.78 is 2.43. The van der Waals surface area contributed by atoms with E-state index < -0.39 is 0 Å². The Morgan fingerprint density at radius 3 is 1.40 bits per heavy atom. The monoisotopic (exact) mass is 719 g/mol. The highest BCUT2D eigenvalue weighted by Crippen LogP contribution is 2.42. The predicted molar refractivity (Wildman–Crippen MR) is 231 cm³/mol. The van der Waals surface area contributed by atoms with Crippen molar-refractivity contribution in [3.05, 3.63) is 200 Å². The fourth-order valence-electron chi connectivity index (χ4n) is 7.44. The standard InChI is InChI=1S/C51H33N3S/c1-4-14-34(15-5-1)39-20-12-21-40(32-39)35-26-28-36(29-27-35)41-30-31-46-45(33-41)48-44(24-13-25-47(48)55-46)51-53-49(38-18-8-3-9-19-38)52-50(54-51)43-23-11-10-22-42(43)37-16-6-2-7-17-37/h1-33H. The molecule has 0 bridgehead atoms. The van der Waals surface area contributed by atoms with Gasteiger partial charge >= 0.3 is 0 Å². The van der Waals surface area contributed by atoms with Crippen LogP contribution in [-0.2, 0) is 0 Å². The van der Waals surface area contributed by atoms with Crippen LogP contribution in [0.25, 0.3) is 98.8 Å². The minimum absolute atomic E-state index is 0.648. The number of hydrogen-bond donors (Lipinski definition) is 0. The number of rotatable bonds is 7. The Morgan fingerprint density at radius 1 is 0.273 bits per heavy atom. The Morgan fingerprint density at radius 2 is 0.727 bits per heavy atom. The van der Waals surface area contributed by atoms with Gasteiger partial charge in [-0.1, -0.05) is 176 Å². The summed E-state index contributed by atoms with van der Waals surface area (Å²) >= 11 is 1.80. The molecule has 2 heterocycles. The van der Waals surface area contributed by atoms with Crippen LogP contribution in [0.5, 0.6) is 0 Å². The molecule has 0 aliphatic rings. The fraction of sp³-hybridized carbons (Fsp3) is 0. The summed E-state index contributed by atoms with van der Waals surface area (Å²) in [6.07, 6.45) is 0. The minimum atomic E-state index is 0.648. The van der Waals surface area contributed by atoms with Gasteiger partial charge in [0.2, 0.25) is 0 Å². The maximum absolute atomic E-state index is 5.25. The van der Waals surface area contributed by atoms with Gasteiger partial charge in [-0.2, -0.15) is 0 Å². The van der Waals surface area contributed by atoms with Crippen molar-refractivity contribution in [2.75, 3.05) is 0 Å². The molecule has 0 N–H and O–H groups in total. The largest absolute Gasteiger partial charge is 0.208 e. The summed E-state index contributed by atoms with van der Waals surface area (Å²) in [6, 6.07) is 70.5. The molecule has 55 heavy (non-hydrogen) atoms. The molecule has 0 saturated carbocycles. The van der Waals surface area contributed by atoms with Gasteiger partial charge in [0.25, 0.3) is 0 Å². The van der Waals surface area contributed by atoms with Crippen LogP contribution >= 0.6 is 11.3 Å². The van der Waals surface area contributed by atoms with Crippen LogP contribution in [0.3, 0.4) is 0 Å². The van der Waals surface area contributed by atoms with Crippen LogP contribution in [0.2, 0.25) is 0 Å².